The van der Waals surface area contributed by atoms with Crippen LogP contribution in [0.4, 0.5) is 9.18 Å². The molecule has 3 aromatic carbocycles. The Bertz CT molecular complexity index is 1050. The first kappa shape index (κ1) is 21.9. The number of benzene rings is 3. The van der Waals surface area contributed by atoms with Gasteiger partial charge in [0, 0.05) is 0 Å². The van der Waals surface area contributed by atoms with Crippen LogP contribution >= 0.6 is 0 Å². The summed E-state index contributed by atoms with van der Waals surface area (Å²) in [6.07, 6.45) is 3.86. The highest BCUT2D eigenvalue weighted by Gasteiger charge is 2.40. The van der Waals surface area contributed by atoms with E-state index >= 15 is 0 Å². The van der Waals surface area contributed by atoms with Crippen molar-refractivity contribution in [3.63, 3.8) is 0 Å². The number of carbonyl (C=O) groups excluding carboxylic acids is 1. The molecular weight excluding hydrogens is 405 g/mol. The number of halogens is 1. The molecule has 0 aliphatic heterocycles. The lowest BCUT2D eigenvalue weighted by Gasteiger charge is -2.32. The van der Waals surface area contributed by atoms with Gasteiger partial charge < -0.3 is 14.8 Å². The van der Waals surface area contributed by atoms with E-state index < -0.39 is 5.54 Å². The highest BCUT2D eigenvalue weighted by Crippen LogP contribution is 2.40. The summed E-state index contributed by atoms with van der Waals surface area (Å²) in [6, 6.07) is 22.0. The van der Waals surface area contributed by atoms with Gasteiger partial charge in [-0.2, -0.15) is 0 Å². The topological polar surface area (TPSA) is 47.6 Å². The molecular formula is C27H28FNO3. The van der Waals surface area contributed by atoms with E-state index in [1.165, 1.54) is 17.7 Å². The molecule has 0 heterocycles. The molecule has 1 aliphatic rings. The Morgan fingerprint density at radius 3 is 2.41 bits per heavy atom. The number of nitrogens with one attached hydrogen (secondary N) is 1. The molecule has 1 aliphatic carbocycles. The van der Waals surface area contributed by atoms with E-state index in [1.807, 2.05) is 36.4 Å². The summed E-state index contributed by atoms with van der Waals surface area (Å²) in [5.74, 6) is 0.959. The van der Waals surface area contributed by atoms with Gasteiger partial charge in [0.05, 0.1) is 12.1 Å². The minimum atomic E-state index is -0.501. The number of carbonyl (C=O) groups is 1. The van der Waals surface area contributed by atoms with Gasteiger partial charge in [0.25, 0.3) is 0 Å². The molecule has 0 saturated carbocycles. The number of hydrogen-bond acceptors (Lipinski definition) is 3. The molecule has 1 N–H and O–H groups in total. The Hall–Kier alpha value is -3.34. The van der Waals surface area contributed by atoms with E-state index in [-0.39, 0.29) is 11.9 Å². The largest absolute Gasteiger partial charge is 0.457 e. The summed E-state index contributed by atoms with van der Waals surface area (Å²) >= 11 is 0. The highest BCUT2D eigenvalue weighted by molar-refractivity contribution is 5.69. The number of hydrogen-bond donors (Lipinski definition) is 1. The number of aryl methyl sites for hydroxylation is 1. The van der Waals surface area contributed by atoms with Crippen molar-refractivity contribution in [2.75, 3.05) is 6.61 Å². The number of amides is 1. The fourth-order valence-corrected chi connectivity index (χ4v) is 4.25. The first-order chi connectivity index (χ1) is 15.6. The monoisotopic (exact) mass is 433 g/mol. The summed E-state index contributed by atoms with van der Waals surface area (Å²) in [6.45, 7) is 2.49. The van der Waals surface area contributed by atoms with Crippen LogP contribution in [0.2, 0.25) is 0 Å². The van der Waals surface area contributed by atoms with Gasteiger partial charge in [-0.3, -0.25) is 0 Å². The number of alkyl carbamates (subject to hydrolysis) is 1. The van der Waals surface area contributed by atoms with Crippen molar-refractivity contribution in [3.05, 3.63) is 95.3 Å². The maximum Gasteiger partial charge on any atom is 0.407 e. The van der Waals surface area contributed by atoms with Crippen molar-refractivity contribution in [1.29, 1.82) is 0 Å². The second-order valence-electron chi connectivity index (χ2n) is 8.23. The van der Waals surface area contributed by atoms with Gasteiger partial charge in [-0.1, -0.05) is 49.7 Å². The molecule has 0 fully saturated rings. The molecule has 5 heteroatoms. The average Bonchev–Trinajstić information content (AvgIpc) is 3.15. The second-order valence-corrected chi connectivity index (χ2v) is 8.23. The van der Waals surface area contributed by atoms with Gasteiger partial charge in [-0.15, -0.1) is 0 Å². The van der Waals surface area contributed by atoms with Crippen molar-refractivity contribution in [1.82, 2.24) is 5.32 Å². The van der Waals surface area contributed by atoms with Crippen molar-refractivity contribution in [2.45, 2.75) is 44.6 Å². The number of fused-ring (bicyclic) bond motifs is 1. The fraction of sp³-hybridized carbons (Fsp3) is 0.296. The maximum atomic E-state index is 13.1. The second kappa shape index (κ2) is 9.86. The van der Waals surface area contributed by atoms with Crippen LogP contribution in [0.25, 0.3) is 0 Å². The van der Waals surface area contributed by atoms with E-state index in [4.69, 9.17) is 9.47 Å². The van der Waals surface area contributed by atoms with Gasteiger partial charge >= 0.3 is 6.09 Å². The zero-order chi connectivity index (χ0) is 22.4. The molecule has 166 valence electrons. The molecule has 3 aromatic rings. The molecule has 0 aromatic heterocycles. The maximum absolute atomic E-state index is 13.1. The van der Waals surface area contributed by atoms with E-state index in [1.54, 1.807) is 12.1 Å². The van der Waals surface area contributed by atoms with Crippen molar-refractivity contribution < 1.29 is 18.7 Å². The molecule has 4 nitrogen and oxygen atoms in total. The minimum Gasteiger partial charge on any atom is -0.457 e. The third-order valence-corrected chi connectivity index (χ3v) is 5.91. The van der Waals surface area contributed by atoms with Crippen molar-refractivity contribution in [2.24, 2.45) is 0 Å². The Balaban J connectivity index is 1.51. The molecule has 0 radical (unpaired) electrons. The van der Waals surface area contributed by atoms with E-state index in [9.17, 15) is 9.18 Å². The lowest BCUT2D eigenvalue weighted by Crippen LogP contribution is -2.46. The molecule has 1 amide bonds. The van der Waals surface area contributed by atoms with Gasteiger partial charge in [0.2, 0.25) is 0 Å². The number of ether oxygens (including phenoxy) is 2. The SMILES string of the molecule is CCCCOC(=O)NC1(Cc2ccc(Oc3ccc(F)cc3)cc2)CCc2ccccc21. The smallest absolute Gasteiger partial charge is 0.407 e. The zero-order valence-electron chi connectivity index (χ0n) is 18.3. The molecule has 0 bridgehead atoms. The molecule has 4 rings (SSSR count). The van der Waals surface area contributed by atoms with E-state index in [0.717, 1.165) is 36.8 Å². The quantitative estimate of drug-likeness (QED) is 0.411. The van der Waals surface area contributed by atoms with Crippen LogP contribution in [-0.4, -0.2) is 12.7 Å². The third kappa shape index (κ3) is 5.10. The van der Waals surface area contributed by atoms with Crippen LogP contribution in [0, 0.1) is 5.82 Å². The van der Waals surface area contributed by atoms with Crippen LogP contribution < -0.4 is 10.1 Å². The Kier molecular flexibility index (Phi) is 6.74. The van der Waals surface area contributed by atoms with Gasteiger partial charge in [0.15, 0.2) is 0 Å². The Labute approximate surface area is 188 Å². The number of rotatable bonds is 8. The molecule has 32 heavy (non-hydrogen) atoms. The highest BCUT2D eigenvalue weighted by atomic mass is 19.1. The molecule has 1 atom stereocenters. The van der Waals surface area contributed by atoms with Crippen LogP contribution in [-0.2, 0) is 23.1 Å². The minimum absolute atomic E-state index is 0.296. The van der Waals surface area contributed by atoms with Crippen LogP contribution in [0.5, 0.6) is 11.5 Å². The van der Waals surface area contributed by atoms with Gasteiger partial charge in [-0.05, 0) is 78.8 Å². The average molecular weight is 434 g/mol. The zero-order valence-corrected chi connectivity index (χ0v) is 18.3. The predicted molar refractivity (Wildman–Crippen MR) is 122 cm³/mol. The first-order valence-electron chi connectivity index (χ1n) is 11.1. The standard InChI is InChI=1S/C27H28FNO3/c1-2-3-18-31-26(30)29-27(17-16-21-6-4-5-7-25(21)27)19-20-8-12-23(13-9-20)32-24-14-10-22(28)11-15-24/h4-15H,2-3,16-19H2,1H3,(H,29,30). The predicted octanol–water partition coefficient (Wildman–Crippen LogP) is 6.53. The molecule has 0 saturated heterocycles. The lowest BCUT2D eigenvalue weighted by molar-refractivity contribution is 0.130. The summed E-state index contributed by atoms with van der Waals surface area (Å²) in [5.41, 5.74) is 3.00. The van der Waals surface area contributed by atoms with Crippen molar-refractivity contribution in [3.8, 4) is 11.5 Å². The van der Waals surface area contributed by atoms with E-state index in [2.05, 4.69) is 24.4 Å². The van der Waals surface area contributed by atoms with Gasteiger partial charge in [-0.25, -0.2) is 9.18 Å². The summed E-state index contributed by atoms with van der Waals surface area (Å²) < 4.78 is 24.3. The van der Waals surface area contributed by atoms with Gasteiger partial charge in [0.1, 0.15) is 17.3 Å². The summed E-state index contributed by atoms with van der Waals surface area (Å²) in [7, 11) is 0. The number of unbranched alkanes of at least 4 members (excludes halogenated alkanes) is 1. The molecule has 1 unspecified atom stereocenters. The third-order valence-electron chi connectivity index (χ3n) is 5.91. The van der Waals surface area contributed by atoms with Crippen LogP contribution in [0.1, 0.15) is 42.9 Å². The molecule has 0 spiro atoms. The summed E-state index contributed by atoms with van der Waals surface area (Å²) in [5, 5.41) is 3.19. The van der Waals surface area contributed by atoms with Crippen molar-refractivity contribution >= 4 is 6.09 Å². The summed E-state index contributed by atoms with van der Waals surface area (Å²) in [4.78, 5) is 12.6. The van der Waals surface area contributed by atoms with Crippen LogP contribution in [0.3, 0.4) is 0 Å². The van der Waals surface area contributed by atoms with E-state index in [0.29, 0.717) is 24.5 Å². The Morgan fingerprint density at radius 1 is 1.00 bits per heavy atom. The lowest BCUT2D eigenvalue weighted by atomic mass is 9.85. The first-order valence-corrected chi connectivity index (χ1v) is 11.1. The Morgan fingerprint density at radius 2 is 1.69 bits per heavy atom. The van der Waals surface area contributed by atoms with Crippen LogP contribution in [0.15, 0.2) is 72.8 Å². The fourth-order valence-electron chi connectivity index (χ4n) is 4.25. The normalized spacial score (nSPS) is 16.9.